The Kier molecular flexibility index (Phi) is 7.32. The van der Waals surface area contributed by atoms with E-state index in [0.29, 0.717) is 29.8 Å². The third-order valence-corrected chi connectivity index (χ3v) is 7.09. The molecule has 4 heterocycles. The number of thiophene rings is 1. The number of anilines is 1. The molecule has 1 aliphatic rings. The number of alkyl carbamates (subject to hydrolysis) is 1. The first-order valence-electron chi connectivity index (χ1n) is 12.6. The molecule has 1 amide bonds. The summed E-state index contributed by atoms with van der Waals surface area (Å²) in [5, 5.41) is 18.6. The van der Waals surface area contributed by atoms with E-state index in [0.717, 1.165) is 36.8 Å². The van der Waals surface area contributed by atoms with Crippen molar-refractivity contribution in [2.75, 3.05) is 5.32 Å². The standard InChI is InChI=1S/C26H31N9O2S/c1-26(2,3)37-25(36)30-17-5-7-18(8-6-17)35(4)24-29-14-19-21(33-34-22(19)32-24)20-9-11-27-23(31-20)28-13-16-10-12-38-15-16/h9-12,14-15,17-18H,4-8,13H2,1-3H3,(H2-,27,28,29,30,31,32,33,34,36)/p+1. The molecule has 0 saturated heterocycles. The van der Waals surface area contributed by atoms with Gasteiger partial charge in [0.15, 0.2) is 0 Å². The van der Waals surface area contributed by atoms with E-state index in [2.05, 4.69) is 58.9 Å². The molecule has 0 unspecified atom stereocenters. The number of aromatic amines is 1. The van der Waals surface area contributed by atoms with Crippen molar-refractivity contribution in [2.45, 2.75) is 70.7 Å². The Bertz CT molecular complexity index is 1420. The number of ether oxygens (including phenoxy) is 1. The molecule has 4 aromatic heterocycles. The fourth-order valence-electron chi connectivity index (χ4n) is 4.45. The highest BCUT2D eigenvalue weighted by Gasteiger charge is 2.30. The van der Waals surface area contributed by atoms with Gasteiger partial charge in [-0.15, -0.1) is 5.10 Å². The Labute approximate surface area is 224 Å². The highest BCUT2D eigenvalue weighted by atomic mass is 32.1. The average Bonchev–Trinajstić information content (AvgIpc) is 3.56. The van der Waals surface area contributed by atoms with Gasteiger partial charge in [-0.05, 0) is 79.9 Å². The van der Waals surface area contributed by atoms with Crippen LogP contribution in [0.25, 0.3) is 22.4 Å². The molecule has 4 aromatic rings. The number of rotatable bonds is 7. The Morgan fingerprint density at radius 2 is 2.03 bits per heavy atom. The summed E-state index contributed by atoms with van der Waals surface area (Å²) in [4.78, 5) is 30.3. The summed E-state index contributed by atoms with van der Waals surface area (Å²) in [5.74, 6) is 1.05. The van der Waals surface area contributed by atoms with Crippen molar-refractivity contribution >= 4 is 47.1 Å². The van der Waals surface area contributed by atoms with Crippen LogP contribution in [0.3, 0.4) is 0 Å². The number of H-pyrrole nitrogens is 1. The smallest absolute Gasteiger partial charge is 0.434 e. The van der Waals surface area contributed by atoms with Crippen molar-refractivity contribution in [2.24, 2.45) is 0 Å². The fraction of sp³-hybridized carbons (Fsp3) is 0.423. The zero-order chi connectivity index (χ0) is 26.7. The number of hydrogen-bond acceptors (Lipinski definition) is 9. The average molecular weight is 535 g/mol. The molecule has 5 rings (SSSR count). The zero-order valence-corrected chi connectivity index (χ0v) is 22.6. The molecule has 0 aliphatic heterocycles. The molecular weight excluding hydrogens is 502 g/mol. The lowest BCUT2D eigenvalue weighted by atomic mass is 9.91. The quantitative estimate of drug-likeness (QED) is 0.230. The monoisotopic (exact) mass is 534 g/mol. The van der Waals surface area contributed by atoms with Gasteiger partial charge in [-0.25, -0.2) is 19.3 Å². The molecule has 0 aromatic carbocycles. The number of nitrogens with zero attached hydrogens (tertiary/aromatic N) is 6. The number of amides is 1. The highest BCUT2D eigenvalue weighted by molar-refractivity contribution is 7.07. The number of nitrogens with one attached hydrogen (secondary N) is 3. The summed E-state index contributed by atoms with van der Waals surface area (Å²) < 4.78 is 7.23. The SMILES string of the molecule is C=[N+](c1ncc2c(-c3ccnc(NCc4ccsc4)n3)[nH]nc2n1)C1CCC(NC(=O)OC(C)(C)C)CC1. The normalized spacial score (nSPS) is 17.8. The summed E-state index contributed by atoms with van der Waals surface area (Å²) in [6, 6.07) is 4.15. The van der Waals surface area contributed by atoms with Crippen LogP contribution < -0.4 is 10.6 Å². The first kappa shape index (κ1) is 25.7. The highest BCUT2D eigenvalue weighted by Crippen LogP contribution is 2.27. The van der Waals surface area contributed by atoms with Gasteiger partial charge in [0, 0.05) is 25.5 Å². The van der Waals surface area contributed by atoms with Crippen molar-refractivity contribution < 1.29 is 14.1 Å². The molecule has 38 heavy (non-hydrogen) atoms. The molecule has 12 heteroatoms. The van der Waals surface area contributed by atoms with Crippen molar-refractivity contribution in [1.29, 1.82) is 0 Å². The van der Waals surface area contributed by atoms with Crippen molar-refractivity contribution in [1.82, 2.24) is 35.5 Å². The second-order valence-electron chi connectivity index (χ2n) is 10.4. The summed E-state index contributed by atoms with van der Waals surface area (Å²) in [7, 11) is 0. The minimum absolute atomic E-state index is 0.0873. The van der Waals surface area contributed by atoms with Gasteiger partial charge in [-0.2, -0.15) is 11.3 Å². The van der Waals surface area contributed by atoms with Crippen molar-refractivity contribution in [3.8, 4) is 11.4 Å². The Balaban J connectivity index is 1.22. The van der Waals surface area contributed by atoms with Gasteiger partial charge >= 0.3 is 12.0 Å². The minimum Gasteiger partial charge on any atom is -0.444 e. The number of carbonyl (C=O) groups is 1. The second-order valence-corrected chi connectivity index (χ2v) is 11.2. The first-order chi connectivity index (χ1) is 18.2. The lowest BCUT2D eigenvalue weighted by Crippen LogP contribution is -2.42. The van der Waals surface area contributed by atoms with Gasteiger partial charge in [-0.1, -0.05) is 4.98 Å². The van der Waals surface area contributed by atoms with Crippen LogP contribution in [0.15, 0.2) is 35.3 Å². The minimum atomic E-state index is -0.510. The van der Waals surface area contributed by atoms with Gasteiger partial charge < -0.3 is 15.4 Å². The van der Waals surface area contributed by atoms with Crippen LogP contribution in [0, 0.1) is 0 Å². The molecule has 198 valence electrons. The Morgan fingerprint density at radius 3 is 2.76 bits per heavy atom. The van der Waals surface area contributed by atoms with E-state index in [1.54, 1.807) is 23.7 Å². The maximum Gasteiger partial charge on any atom is 0.434 e. The summed E-state index contributed by atoms with van der Waals surface area (Å²) in [6.45, 7) is 10.5. The van der Waals surface area contributed by atoms with Crippen molar-refractivity contribution in [3.05, 3.63) is 40.8 Å². The van der Waals surface area contributed by atoms with Gasteiger partial charge in [0.25, 0.3) is 5.65 Å². The first-order valence-corrected chi connectivity index (χ1v) is 13.6. The lowest BCUT2D eigenvalue weighted by Gasteiger charge is -2.29. The third-order valence-electron chi connectivity index (χ3n) is 6.36. The van der Waals surface area contributed by atoms with E-state index >= 15 is 0 Å². The van der Waals surface area contributed by atoms with E-state index in [1.807, 2.05) is 36.8 Å². The molecule has 0 bridgehead atoms. The maximum absolute atomic E-state index is 12.1. The molecule has 0 radical (unpaired) electrons. The number of carbonyl (C=O) groups excluding carboxylic acids is 1. The van der Waals surface area contributed by atoms with Gasteiger partial charge in [0.2, 0.25) is 5.95 Å². The van der Waals surface area contributed by atoms with Crippen LogP contribution in [0.4, 0.5) is 16.7 Å². The van der Waals surface area contributed by atoms with Gasteiger partial charge in [0.05, 0.1) is 17.4 Å². The van der Waals surface area contributed by atoms with Crippen LogP contribution in [0.1, 0.15) is 52.0 Å². The number of fused-ring (bicyclic) bond motifs is 1. The summed E-state index contributed by atoms with van der Waals surface area (Å²) in [5.41, 5.74) is 2.66. The fourth-order valence-corrected chi connectivity index (χ4v) is 5.12. The number of aromatic nitrogens is 6. The molecule has 1 aliphatic carbocycles. The van der Waals surface area contributed by atoms with Gasteiger partial charge in [-0.3, -0.25) is 5.10 Å². The van der Waals surface area contributed by atoms with E-state index < -0.39 is 5.60 Å². The topological polar surface area (TPSA) is 134 Å². The van der Waals surface area contributed by atoms with Crippen LogP contribution in [0.2, 0.25) is 0 Å². The van der Waals surface area contributed by atoms with E-state index in [9.17, 15) is 4.79 Å². The number of hydrogen-bond donors (Lipinski definition) is 3. The molecule has 11 nitrogen and oxygen atoms in total. The predicted molar refractivity (Wildman–Crippen MR) is 147 cm³/mol. The lowest BCUT2D eigenvalue weighted by molar-refractivity contribution is -0.489. The molecule has 1 saturated carbocycles. The predicted octanol–water partition coefficient (Wildman–Crippen LogP) is 4.66. The van der Waals surface area contributed by atoms with Crippen LogP contribution in [-0.2, 0) is 11.3 Å². The Hall–Kier alpha value is -3.93. The van der Waals surface area contributed by atoms with Crippen molar-refractivity contribution in [3.63, 3.8) is 0 Å². The molecule has 0 atom stereocenters. The molecule has 1 fully saturated rings. The maximum atomic E-state index is 12.1. The molecule has 3 N–H and O–H groups in total. The second kappa shape index (κ2) is 10.8. The largest absolute Gasteiger partial charge is 0.444 e. The van der Waals surface area contributed by atoms with Gasteiger partial charge in [0.1, 0.15) is 17.2 Å². The summed E-state index contributed by atoms with van der Waals surface area (Å²) in [6.07, 6.45) is 6.49. The molecular formula is C26H32N9O2S+. The van der Waals surface area contributed by atoms with Crippen LogP contribution >= 0.6 is 11.3 Å². The molecule has 0 spiro atoms. The van der Waals surface area contributed by atoms with Crippen LogP contribution in [0.5, 0.6) is 0 Å². The van der Waals surface area contributed by atoms with Crippen LogP contribution in [-0.4, -0.2) is 65.2 Å². The van der Waals surface area contributed by atoms with E-state index in [1.165, 1.54) is 5.56 Å². The zero-order valence-electron chi connectivity index (χ0n) is 21.8. The Morgan fingerprint density at radius 1 is 1.21 bits per heavy atom. The third kappa shape index (κ3) is 6.13. The van der Waals surface area contributed by atoms with E-state index in [-0.39, 0.29) is 18.2 Å². The summed E-state index contributed by atoms with van der Waals surface area (Å²) >= 11 is 1.66. The van der Waals surface area contributed by atoms with E-state index in [4.69, 9.17) is 4.74 Å².